The number of hydrogen-bond acceptors (Lipinski definition) is 3. The monoisotopic (exact) mass is 311 g/mol. The molecule has 0 aromatic heterocycles. The van der Waals surface area contributed by atoms with Crippen molar-refractivity contribution in [1.29, 1.82) is 0 Å². The number of aliphatic hydroxyl groups is 1. The predicted octanol–water partition coefficient (Wildman–Crippen LogP) is 3.83. The number of aliphatic hydroxyl groups excluding tert-OH is 1. The third kappa shape index (κ3) is 3.37. The third-order valence-electron chi connectivity index (χ3n) is 4.20. The van der Waals surface area contributed by atoms with Crippen LogP contribution in [0.15, 0.2) is 48.5 Å². The maximum atomic E-state index is 12.4. The average molecular weight is 311 g/mol. The van der Waals surface area contributed by atoms with E-state index in [-0.39, 0.29) is 12.7 Å². The summed E-state index contributed by atoms with van der Waals surface area (Å²) in [6.45, 7) is 2.79. The van der Waals surface area contributed by atoms with Gasteiger partial charge in [-0.15, -0.1) is 0 Å². The molecule has 0 saturated carbocycles. The second kappa shape index (κ2) is 6.84. The van der Waals surface area contributed by atoms with Gasteiger partial charge in [0.2, 0.25) is 0 Å². The Bertz CT molecular complexity index is 684. The number of anilines is 1. The van der Waals surface area contributed by atoms with Crippen LogP contribution in [0.25, 0.3) is 0 Å². The van der Waals surface area contributed by atoms with E-state index in [1.807, 2.05) is 48.5 Å². The van der Waals surface area contributed by atoms with Crippen molar-refractivity contribution in [1.82, 2.24) is 0 Å². The lowest BCUT2D eigenvalue weighted by Gasteiger charge is -2.31. The molecular weight excluding hydrogens is 290 g/mol. The van der Waals surface area contributed by atoms with Gasteiger partial charge in [-0.05, 0) is 30.0 Å². The van der Waals surface area contributed by atoms with Crippen LogP contribution in [0, 0.1) is 0 Å². The van der Waals surface area contributed by atoms with E-state index in [9.17, 15) is 9.90 Å². The highest BCUT2D eigenvalue weighted by Gasteiger charge is 2.28. The van der Waals surface area contributed by atoms with Gasteiger partial charge in [-0.3, -0.25) is 4.90 Å². The molecule has 1 aliphatic heterocycles. The molecular formula is C19H21NO3. The van der Waals surface area contributed by atoms with Crippen LogP contribution in [0.2, 0.25) is 0 Å². The Morgan fingerprint density at radius 3 is 2.74 bits per heavy atom. The zero-order valence-electron chi connectivity index (χ0n) is 13.2. The summed E-state index contributed by atoms with van der Waals surface area (Å²) in [6, 6.07) is 15.5. The van der Waals surface area contributed by atoms with Crippen molar-refractivity contribution in [2.75, 3.05) is 11.4 Å². The van der Waals surface area contributed by atoms with Crippen molar-refractivity contribution in [2.45, 2.75) is 32.5 Å². The van der Waals surface area contributed by atoms with Crippen LogP contribution in [0.4, 0.5) is 10.5 Å². The SMILES string of the molecule is CCc1ccc2c(c1)C(O)CCN2C(=O)OCc1ccccc1. The zero-order chi connectivity index (χ0) is 16.2. The number of rotatable bonds is 3. The zero-order valence-corrected chi connectivity index (χ0v) is 13.2. The van der Waals surface area contributed by atoms with Gasteiger partial charge < -0.3 is 9.84 Å². The molecule has 0 spiro atoms. The van der Waals surface area contributed by atoms with E-state index in [2.05, 4.69) is 6.92 Å². The van der Waals surface area contributed by atoms with Crippen LogP contribution < -0.4 is 4.90 Å². The first-order valence-electron chi connectivity index (χ1n) is 7.98. The topological polar surface area (TPSA) is 49.8 Å². The molecule has 120 valence electrons. The van der Waals surface area contributed by atoms with E-state index in [4.69, 9.17) is 4.74 Å². The number of nitrogens with zero attached hydrogens (tertiary/aromatic N) is 1. The Labute approximate surface area is 136 Å². The van der Waals surface area contributed by atoms with Gasteiger partial charge in [-0.2, -0.15) is 0 Å². The number of ether oxygens (including phenoxy) is 1. The van der Waals surface area contributed by atoms with Gasteiger partial charge in [-0.1, -0.05) is 49.4 Å². The van der Waals surface area contributed by atoms with Gasteiger partial charge in [0, 0.05) is 12.1 Å². The molecule has 1 heterocycles. The Kier molecular flexibility index (Phi) is 4.63. The number of carbonyl (C=O) groups is 1. The lowest BCUT2D eigenvalue weighted by atomic mass is 9.96. The van der Waals surface area contributed by atoms with Gasteiger partial charge in [0.25, 0.3) is 0 Å². The van der Waals surface area contributed by atoms with Crippen LogP contribution in [-0.2, 0) is 17.8 Å². The number of hydrogen-bond donors (Lipinski definition) is 1. The van der Waals surface area contributed by atoms with Gasteiger partial charge in [0.05, 0.1) is 11.8 Å². The van der Waals surface area contributed by atoms with Gasteiger partial charge >= 0.3 is 6.09 Å². The normalized spacial score (nSPS) is 16.8. The highest BCUT2D eigenvalue weighted by atomic mass is 16.6. The van der Waals surface area contributed by atoms with Crippen molar-refractivity contribution < 1.29 is 14.6 Å². The number of aryl methyl sites for hydroxylation is 1. The minimum atomic E-state index is -0.519. The third-order valence-corrected chi connectivity index (χ3v) is 4.20. The minimum absolute atomic E-state index is 0.251. The Hall–Kier alpha value is -2.33. The van der Waals surface area contributed by atoms with Crippen LogP contribution in [0.3, 0.4) is 0 Å². The molecule has 4 heteroatoms. The lowest BCUT2D eigenvalue weighted by Crippen LogP contribution is -2.37. The fraction of sp³-hybridized carbons (Fsp3) is 0.316. The lowest BCUT2D eigenvalue weighted by molar-refractivity contribution is 0.137. The second-order valence-electron chi connectivity index (χ2n) is 5.74. The molecule has 0 fully saturated rings. The van der Waals surface area contributed by atoms with Crippen LogP contribution in [0.1, 0.15) is 36.1 Å². The van der Waals surface area contributed by atoms with E-state index < -0.39 is 6.10 Å². The quantitative estimate of drug-likeness (QED) is 0.937. The number of carbonyl (C=O) groups excluding carboxylic acids is 1. The van der Waals surface area contributed by atoms with Crippen molar-refractivity contribution in [3.8, 4) is 0 Å². The number of amides is 1. The van der Waals surface area contributed by atoms with Crippen molar-refractivity contribution in [3.05, 3.63) is 65.2 Å². The van der Waals surface area contributed by atoms with E-state index in [0.717, 1.165) is 28.8 Å². The van der Waals surface area contributed by atoms with Crippen molar-refractivity contribution in [2.24, 2.45) is 0 Å². The van der Waals surface area contributed by atoms with Gasteiger partial charge in [0.15, 0.2) is 0 Å². The molecule has 1 N–H and O–H groups in total. The first-order chi connectivity index (χ1) is 11.2. The molecule has 1 aliphatic rings. The highest BCUT2D eigenvalue weighted by molar-refractivity contribution is 5.89. The summed E-state index contributed by atoms with van der Waals surface area (Å²) in [5.74, 6) is 0. The second-order valence-corrected chi connectivity index (χ2v) is 5.74. The van der Waals surface area contributed by atoms with E-state index >= 15 is 0 Å². The summed E-state index contributed by atoms with van der Waals surface area (Å²) in [7, 11) is 0. The highest BCUT2D eigenvalue weighted by Crippen LogP contribution is 2.35. The maximum absolute atomic E-state index is 12.4. The van der Waals surface area contributed by atoms with Gasteiger partial charge in [-0.25, -0.2) is 4.79 Å². The summed E-state index contributed by atoms with van der Waals surface area (Å²) >= 11 is 0. The fourth-order valence-electron chi connectivity index (χ4n) is 2.85. The summed E-state index contributed by atoms with van der Waals surface area (Å²) < 4.78 is 5.42. The van der Waals surface area contributed by atoms with Gasteiger partial charge in [0.1, 0.15) is 6.61 Å². The Balaban J connectivity index is 1.76. The standard InChI is InChI=1S/C19H21NO3/c1-2-14-8-9-17-16(12-14)18(21)10-11-20(17)19(22)23-13-15-6-4-3-5-7-15/h3-9,12,18,21H,2,10-11,13H2,1H3. The van der Waals surface area contributed by atoms with E-state index in [1.165, 1.54) is 0 Å². The molecule has 1 amide bonds. The van der Waals surface area contributed by atoms with E-state index in [1.54, 1.807) is 4.90 Å². The molecule has 0 radical (unpaired) electrons. The molecule has 1 atom stereocenters. The summed E-state index contributed by atoms with van der Waals surface area (Å²) in [5.41, 5.74) is 3.67. The first-order valence-corrected chi connectivity index (χ1v) is 7.98. The smallest absolute Gasteiger partial charge is 0.414 e. The Morgan fingerprint density at radius 1 is 1.22 bits per heavy atom. The molecule has 2 aromatic rings. The fourth-order valence-corrected chi connectivity index (χ4v) is 2.85. The molecule has 4 nitrogen and oxygen atoms in total. The molecule has 0 aliphatic carbocycles. The molecule has 2 aromatic carbocycles. The molecule has 0 saturated heterocycles. The molecule has 0 bridgehead atoms. The number of benzene rings is 2. The number of fused-ring (bicyclic) bond motifs is 1. The Morgan fingerprint density at radius 2 is 2.00 bits per heavy atom. The van der Waals surface area contributed by atoms with Crippen LogP contribution in [-0.4, -0.2) is 17.7 Å². The van der Waals surface area contributed by atoms with Crippen molar-refractivity contribution >= 4 is 11.8 Å². The summed E-state index contributed by atoms with van der Waals surface area (Å²) in [5, 5.41) is 10.2. The largest absolute Gasteiger partial charge is 0.444 e. The summed E-state index contributed by atoms with van der Waals surface area (Å²) in [6.07, 6.45) is 0.542. The molecule has 23 heavy (non-hydrogen) atoms. The maximum Gasteiger partial charge on any atom is 0.414 e. The minimum Gasteiger partial charge on any atom is -0.444 e. The summed E-state index contributed by atoms with van der Waals surface area (Å²) in [4.78, 5) is 14.0. The molecule has 1 unspecified atom stereocenters. The van der Waals surface area contributed by atoms with Crippen molar-refractivity contribution in [3.63, 3.8) is 0 Å². The predicted molar refractivity (Wildman–Crippen MR) is 89.4 cm³/mol. The van der Waals surface area contributed by atoms with Crippen LogP contribution in [0.5, 0.6) is 0 Å². The van der Waals surface area contributed by atoms with Crippen LogP contribution >= 0.6 is 0 Å². The van der Waals surface area contributed by atoms with E-state index in [0.29, 0.717) is 13.0 Å². The molecule has 3 rings (SSSR count). The average Bonchev–Trinajstić information content (AvgIpc) is 2.60. The first kappa shape index (κ1) is 15.6.